The van der Waals surface area contributed by atoms with Crippen molar-refractivity contribution in [3.8, 4) is 0 Å². The first kappa shape index (κ1) is 26.1. The Bertz CT molecular complexity index is 264. The Morgan fingerprint density at radius 1 is 0.615 bits per heavy atom. The van der Waals surface area contributed by atoms with Gasteiger partial charge in [0.25, 0.3) is 0 Å². The highest BCUT2D eigenvalue weighted by Crippen LogP contribution is 2.04. The summed E-state index contributed by atoms with van der Waals surface area (Å²) >= 11 is 0. The van der Waals surface area contributed by atoms with E-state index in [4.69, 9.17) is 4.43 Å². The zero-order chi connectivity index (χ0) is 19.6. The lowest BCUT2D eigenvalue weighted by Crippen LogP contribution is -2.34. The van der Waals surface area contributed by atoms with Crippen LogP contribution in [-0.4, -0.2) is 89.5 Å². The first-order chi connectivity index (χ1) is 12.6. The van der Waals surface area contributed by atoms with Crippen molar-refractivity contribution in [1.82, 2.24) is 14.7 Å². The van der Waals surface area contributed by atoms with Crippen LogP contribution in [0.2, 0.25) is 6.04 Å². The molecule has 0 spiro atoms. The maximum Gasteiger partial charge on any atom is 0.163 e. The van der Waals surface area contributed by atoms with Crippen molar-refractivity contribution in [1.29, 1.82) is 0 Å². The molecular formula is C21H49N3OSi. The van der Waals surface area contributed by atoms with Gasteiger partial charge in [0, 0.05) is 6.10 Å². The highest BCUT2D eigenvalue weighted by molar-refractivity contribution is 6.27. The Labute approximate surface area is 167 Å². The van der Waals surface area contributed by atoms with Gasteiger partial charge in [0.15, 0.2) is 9.76 Å². The van der Waals surface area contributed by atoms with Crippen LogP contribution in [0.25, 0.3) is 0 Å². The summed E-state index contributed by atoms with van der Waals surface area (Å²) in [7, 11) is -0.359. The van der Waals surface area contributed by atoms with E-state index in [1.807, 2.05) is 0 Å². The molecule has 0 rings (SSSR count). The van der Waals surface area contributed by atoms with Gasteiger partial charge in [0.2, 0.25) is 0 Å². The van der Waals surface area contributed by atoms with Crippen LogP contribution in [0.1, 0.15) is 67.2 Å². The first-order valence-corrected chi connectivity index (χ1v) is 13.0. The van der Waals surface area contributed by atoms with Gasteiger partial charge < -0.3 is 19.1 Å². The van der Waals surface area contributed by atoms with Crippen molar-refractivity contribution in [2.75, 3.05) is 58.9 Å². The number of nitrogens with zero attached hydrogens (tertiary/aromatic N) is 3. The maximum atomic E-state index is 6.14. The van der Waals surface area contributed by atoms with E-state index in [0.29, 0.717) is 6.10 Å². The van der Waals surface area contributed by atoms with Crippen molar-refractivity contribution < 1.29 is 4.43 Å². The lowest BCUT2D eigenvalue weighted by Gasteiger charge is -2.26. The number of hydrogen-bond acceptors (Lipinski definition) is 4. The summed E-state index contributed by atoms with van der Waals surface area (Å²) in [4.78, 5) is 7.79. The van der Waals surface area contributed by atoms with E-state index >= 15 is 0 Å². The van der Waals surface area contributed by atoms with Crippen molar-refractivity contribution >= 4 is 9.76 Å². The van der Waals surface area contributed by atoms with Gasteiger partial charge in [-0.15, -0.1) is 0 Å². The fourth-order valence-electron chi connectivity index (χ4n) is 3.51. The lowest BCUT2D eigenvalue weighted by molar-refractivity contribution is 0.195. The normalized spacial score (nSPS) is 12.7. The molecule has 5 heteroatoms. The van der Waals surface area contributed by atoms with Crippen molar-refractivity contribution in [2.45, 2.75) is 79.4 Å². The lowest BCUT2D eigenvalue weighted by atomic mass is 10.2. The topological polar surface area (TPSA) is 19.0 Å². The van der Waals surface area contributed by atoms with Gasteiger partial charge in [0.1, 0.15) is 0 Å². The largest absolute Gasteiger partial charge is 0.421 e. The fraction of sp³-hybridized carbons (Fsp3) is 1.00. The Morgan fingerprint density at radius 3 is 1.42 bits per heavy atom. The summed E-state index contributed by atoms with van der Waals surface area (Å²) < 4.78 is 6.14. The molecule has 0 saturated carbocycles. The van der Waals surface area contributed by atoms with Gasteiger partial charge in [0.05, 0.1) is 0 Å². The summed E-state index contributed by atoms with van der Waals surface area (Å²) in [6.45, 7) is 24.5. The van der Waals surface area contributed by atoms with E-state index in [0.717, 1.165) is 0 Å². The average molecular weight is 388 g/mol. The zero-order valence-electron chi connectivity index (χ0n) is 18.9. The molecule has 4 nitrogen and oxygen atoms in total. The van der Waals surface area contributed by atoms with Gasteiger partial charge in [-0.05, 0) is 90.6 Å². The summed E-state index contributed by atoms with van der Waals surface area (Å²) in [5, 5.41) is 0. The van der Waals surface area contributed by atoms with Crippen molar-refractivity contribution in [2.24, 2.45) is 0 Å². The van der Waals surface area contributed by atoms with Crippen LogP contribution in [0.3, 0.4) is 0 Å². The minimum atomic E-state index is -0.359. The second-order valence-corrected chi connectivity index (χ2v) is 8.71. The number of hydrogen-bond donors (Lipinski definition) is 0. The molecule has 0 fully saturated rings. The molecule has 26 heavy (non-hydrogen) atoms. The molecule has 0 heterocycles. The molecule has 0 N–H and O–H groups in total. The zero-order valence-corrected chi connectivity index (χ0v) is 20.3. The monoisotopic (exact) mass is 387 g/mol. The SMILES string of the molecule is CCC(CC)O[SiH2]CCN(CCCN(CC)CC)CCCN(CC)CC. The average Bonchev–Trinajstić information content (AvgIpc) is 2.68. The summed E-state index contributed by atoms with van der Waals surface area (Å²) in [5.74, 6) is 0. The molecular weight excluding hydrogens is 338 g/mol. The summed E-state index contributed by atoms with van der Waals surface area (Å²) in [6, 6.07) is 1.30. The number of rotatable bonds is 19. The van der Waals surface area contributed by atoms with Crippen LogP contribution in [0, 0.1) is 0 Å². The molecule has 0 aromatic rings. The van der Waals surface area contributed by atoms with E-state index in [1.165, 1.54) is 90.6 Å². The molecule has 0 aliphatic rings. The van der Waals surface area contributed by atoms with Crippen molar-refractivity contribution in [3.05, 3.63) is 0 Å². The van der Waals surface area contributed by atoms with E-state index < -0.39 is 0 Å². The van der Waals surface area contributed by atoms with Crippen LogP contribution in [0.4, 0.5) is 0 Å². The molecule has 0 radical (unpaired) electrons. The van der Waals surface area contributed by atoms with Crippen molar-refractivity contribution in [3.63, 3.8) is 0 Å². The molecule has 0 saturated heterocycles. The summed E-state index contributed by atoms with van der Waals surface area (Å²) in [6.07, 6.45) is 5.44. The van der Waals surface area contributed by atoms with Gasteiger partial charge in [-0.1, -0.05) is 41.5 Å². The minimum absolute atomic E-state index is 0.359. The quantitative estimate of drug-likeness (QED) is 0.249. The van der Waals surface area contributed by atoms with Crippen LogP contribution in [0.15, 0.2) is 0 Å². The highest BCUT2D eigenvalue weighted by atomic mass is 28.2. The Kier molecular flexibility index (Phi) is 18.5. The smallest absolute Gasteiger partial charge is 0.163 e. The molecule has 0 aromatic heterocycles. The predicted molar refractivity (Wildman–Crippen MR) is 120 cm³/mol. The van der Waals surface area contributed by atoms with Crippen LogP contribution >= 0.6 is 0 Å². The third-order valence-electron chi connectivity index (χ3n) is 5.57. The van der Waals surface area contributed by atoms with Gasteiger partial charge in [-0.3, -0.25) is 0 Å². The maximum absolute atomic E-state index is 6.14. The second kappa shape index (κ2) is 18.4. The molecule has 0 atom stereocenters. The predicted octanol–water partition coefficient (Wildman–Crippen LogP) is 3.46. The minimum Gasteiger partial charge on any atom is -0.421 e. The van der Waals surface area contributed by atoms with Gasteiger partial charge in [-0.2, -0.15) is 0 Å². The second-order valence-electron chi connectivity index (χ2n) is 7.27. The van der Waals surface area contributed by atoms with Gasteiger partial charge in [-0.25, -0.2) is 0 Å². The molecule has 158 valence electrons. The third kappa shape index (κ3) is 13.3. The standard InChI is InChI=1S/C21H49N3OSi/c1-7-21(8-2)25-26-20-19-24(17-13-15-22(9-3)10-4)18-14-16-23(11-5)12-6/h21H,7-20,26H2,1-6H3. The third-order valence-corrected chi connectivity index (χ3v) is 6.88. The van der Waals surface area contributed by atoms with Crippen LogP contribution < -0.4 is 0 Å². The summed E-state index contributed by atoms with van der Waals surface area (Å²) in [5.41, 5.74) is 0. The molecule has 0 aliphatic heterocycles. The molecule has 0 amide bonds. The van der Waals surface area contributed by atoms with Crippen LogP contribution in [-0.2, 0) is 4.43 Å². The first-order valence-electron chi connectivity index (χ1n) is 11.4. The Balaban J connectivity index is 4.21. The molecule has 0 aromatic carbocycles. The van der Waals surface area contributed by atoms with E-state index in [-0.39, 0.29) is 9.76 Å². The van der Waals surface area contributed by atoms with Crippen LogP contribution in [0.5, 0.6) is 0 Å². The van der Waals surface area contributed by atoms with Gasteiger partial charge >= 0.3 is 0 Å². The van der Waals surface area contributed by atoms with E-state index in [1.54, 1.807) is 0 Å². The van der Waals surface area contributed by atoms with E-state index in [9.17, 15) is 0 Å². The molecule has 0 bridgehead atoms. The highest BCUT2D eigenvalue weighted by Gasteiger charge is 2.09. The Morgan fingerprint density at radius 2 is 1.04 bits per heavy atom. The van der Waals surface area contributed by atoms with E-state index in [2.05, 4.69) is 56.2 Å². The molecule has 0 aliphatic carbocycles. The Hall–Kier alpha value is 0.0569. The fourth-order valence-corrected chi connectivity index (χ4v) is 5.06. The molecule has 0 unspecified atom stereocenters.